The zero-order valence-electron chi connectivity index (χ0n) is 14.6. The lowest BCUT2D eigenvalue weighted by Crippen LogP contribution is -2.37. The van der Waals surface area contributed by atoms with E-state index in [1.54, 1.807) is 12.2 Å². The Morgan fingerprint density at radius 3 is 2.00 bits per heavy atom. The van der Waals surface area contributed by atoms with E-state index in [2.05, 4.69) is 32.3 Å². The molecule has 22 heavy (non-hydrogen) atoms. The molecule has 0 saturated heterocycles. The van der Waals surface area contributed by atoms with Crippen LogP contribution < -0.4 is 5.32 Å². The van der Waals surface area contributed by atoms with E-state index < -0.39 is 0 Å². The Balaban J connectivity index is 4.12. The van der Waals surface area contributed by atoms with Crippen LogP contribution >= 0.6 is 0 Å². The Morgan fingerprint density at radius 2 is 1.50 bits per heavy atom. The van der Waals surface area contributed by atoms with Crippen molar-refractivity contribution in [2.75, 3.05) is 52.7 Å². The van der Waals surface area contributed by atoms with Crippen LogP contribution in [0.2, 0.25) is 0 Å². The predicted molar refractivity (Wildman–Crippen MR) is 93.4 cm³/mol. The molecule has 0 aliphatic carbocycles. The van der Waals surface area contributed by atoms with Crippen molar-refractivity contribution in [2.45, 2.75) is 33.1 Å². The van der Waals surface area contributed by atoms with Crippen molar-refractivity contribution in [1.82, 2.24) is 5.32 Å². The van der Waals surface area contributed by atoms with Crippen LogP contribution in [0.5, 0.6) is 0 Å². The van der Waals surface area contributed by atoms with Crippen molar-refractivity contribution in [1.29, 1.82) is 0 Å². The monoisotopic (exact) mass is 313 g/mol. The van der Waals surface area contributed by atoms with Gasteiger partial charge in [-0.25, -0.2) is 0 Å². The fourth-order valence-electron chi connectivity index (χ4n) is 2.04. The molecule has 0 rings (SSSR count). The van der Waals surface area contributed by atoms with Gasteiger partial charge >= 0.3 is 0 Å². The lowest BCUT2D eigenvalue weighted by atomic mass is 9.88. The number of nitrogens with one attached hydrogen (secondary N) is 1. The van der Waals surface area contributed by atoms with E-state index in [1.165, 1.54) is 6.42 Å². The molecule has 4 nitrogen and oxygen atoms in total. The van der Waals surface area contributed by atoms with Gasteiger partial charge in [-0.05, 0) is 32.4 Å². The van der Waals surface area contributed by atoms with E-state index in [0.717, 1.165) is 32.5 Å². The van der Waals surface area contributed by atoms with Gasteiger partial charge in [-0.2, -0.15) is 0 Å². The molecule has 0 heterocycles. The van der Waals surface area contributed by atoms with Gasteiger partial charge in [-0.1, -0.05) is 26.0 Å². The minimum atomic E-state index is -0.0944. The van der Waals surface area contributed by atoms with Crippen molar-refractivity contribution in [2.24, 2.45) is 5.41 Å². The third-order valence-electron chi connectivity index (χ3n) is 3.52. The van der Waals surface area contributed by atoms with E-state index in [0.29, 0.717) is 33.0 Å². The van der Waals surface area contributed by atoms with Gasteiger partial charge in [0.2, 0.25) is 0 Å². The molecule has 0 amide bonds. The van der Waals surface area contributed by atoms with Crippen LogP contribution in [0.1, 0.15) is 33.1 Å². The Kier molecular flexibility index (Phi) is 14.8. The second-order valence-corrected chi connectivity index (χ2v) is 5.62. The summed E-state index contributed by atoms with van der Waals surface area (Å²) in [7, 11) is 0. The summed E-state index contributed by atoms with van der Waals surface area (Å²) < 4.78 is 17.2. The molecular formula is C18H35NO3. The molecule has 0 aromatic heterocycles. The highest BCUT2D eigenvalue weighted by Gasteiger charge is 2.29. The summed E-state index contributed by atoms with van der Waals surface area (Å²) in [5, 5.41) is 3.38. The lowest BCUT2D eigenvalue weighted by molar-refractivity contribution is -0.0634. The van der Waals surface area contributed by atoms with Crippen LogP contribution in [-0.2, 0) is 14.2 Å². The van der Waals surface area contributed by atoms with Crippen LogP contribution in [0.25, 0.3) is 0 Å². The molecule has 0 aromatic carbocycles. The average molecular weight is 313 g/mol. The Labute approximate surface area is 136 Å². The largest absolute Gasteiger partial charge is 0.381 e. The number of hydrogen-bond acceptors (Lipinski definition) is 4. The molecule has 4 heteroatoms. The molecular weight excluding hydrogens is 278 g/mol. The molecule has 1 N–H and O–H groups in total. The highest BCUT2D eigenvalue weighted by Crippen LogP contribution is 2.24. The summed E-state index contributed by atoms with van der Waals surface area (Å²) in [6, 6.07) is 0. The highest BCUT2D eigenvalue weighted by molar-refractivity contribution is 4.79. The molecule has 0 atom stereocenters. The van der Waals surface area contributed by atoms with Crippen LogP contribution in [0.3, 0.4) is 0 Å². The van der Waals surface area contributed by atoms with Crippen LogP contribution in [0.4, 0.5) is 0 Å². The molecule has 0 aliphatic heterocycles. The predicted octanol–water partition coefficient (Wildman–Crippen LogP) is 3.19. The Bertz CT molecular complexity index is 255. The summed E-state index contributed by atoms with van der Waals surface area (Å²) in [4.78, 5) is 0. The summed E-state index contributed by atoms with van der Waals surface area (Å²) in [5.41, 5.74) is -0.0944. The fraction of sp³-hybridized carbons (Fsp3) is 0.778. The minimum Gasteiger partial charge on any atom is -0.381 e. The topological polar surface area (TPSA) is 39.7 Å². The van der Waals surface area contributed by atoms with Gasteiger partial charge in [-0.15, -0.1) is 13.2 Å². The average Bonchev–Trinajstić information content (AvgIpc) is 2.54. The maximum absolute atomic E-state index is 5.88. The lowest BCUT2D eigenvalue weighted by Gasteiger charge is -2.32. The van der Waals surface area contributed by atoms with Crippen molar-refractivity contribution in [3.05, 3.63) is 25.3 Å². The standard InChI is InChI=1S/C18H35NO3/c1-5-10-19-11-9-14-22-17-18(8-4,15-20-12-6-2)16-21-13-7-3/h6-7,19H,2-3,5,8-17H2,1,4H3. The number of rotatable bonds is 17. The summed E-state index contributed by atoms with van der Waals surface area (Å²) in [6.45, 7) is 17.6. The summed E-state index contributed by atoms with van der Waals surface area (Å²) in [6.07, 6.45) is 6.69. The highest BCUT2D eigenvalue weighted by atomic mass is 16.5. The van der Waals surface area contributed by atoms with E-state index in [1.807, 2.05) is 0 Å². The summed E-state index contributed by atoms with van der Waals surface area (Å²) in [5.74, 6) is 0. The van der Waals surface area contributed by atoms with E-state index >= 15 is 0 Å². The van der Waals surface area contributed by atoms with Gasteiger partial charge in [0.25, 0.3) is 0 Å². The van der Waals surface area contributed by atoms with Crippen LogP contribution in [0, 0.1) is 5.41 Å². The first-order chi connectivity index (χ1) is 10.7. The summed E-state index contributed by atoms with van der Waals surface area (Å²) >= 11 is 0. The van der Waals surface area contributed by atoms with Gasteiger partial charge in [0.05, 0.1) is 33.0 Å². The maximum atomic E-state index is 5.88. The Hall–Kier alpha value is -0.680. The van der Waals surface area contributed by atoms with E-state index in [-0.39, 0.29) is 5.41 Å². The number of ether oxygens (including phenoxy) is 3. The first kappa shape index (κ1) is 21.3. The molecule has 0 radical (unpaired) electrons. The van der Waals surface area contributed by atoms with Gasteiger partial charge in [0.1, 0.15) is 0 Å². The normalized spacial score (nSPS) is 11.5. The van der Waals surface area contributed by atoms with Crippen molar-refractivity contribution in [3.8, 4) is 0 Å². The second-order valence-electron chi connectivity index (χ2n) is 5.62. The molecule has 0 aliphatic rings. The molecule has 0 aromatic rings. The van der Waals surface area contributed by atoms with E-state index in [4.69, 9.17) is 14.2 Å². The van der Waals surface area contributed by atoms with E-state index in [9.17, 15) is 0 Å². The second kappa shape index (κ2) is 15.2. The SMILES string of the molecule is C=CCOCC(CC)(COCC=C)COCCCNCCC. The quantitative estimate of drug-likeness (QED) is 0.331. The maximum Gasteiger partial charge on any atom is 0.0645 e. The van der Waals surface area contributed by atoms with Crippen LogP contribution in [-0.4, -0.2) is 52.7 Å². The molecule has 0 fully saturated rings. The molecule has 0 saturated carbocycles. The first-order valence-corrected chi connectivity index (χ1v) is 8.40. The van der Waals surface area contributed by atoms with Crippen molar-refractivity contribution in [3.63, 3.8) is 0 Å². The zero-order valence-corrected chi connectivity index (χ0v) is 14.6. The first-order valence-electron chi connectivity index (χ1n) is 8.40. The van der Waals surface area contributed by atoms with Crippen LogP contribution in [0.15, 0.2) is 25.3 Å². The molecule has 0 spiro atoms. The zero-order chi connectivity index (χ0) is 16.5. The smallest absolute Gasteiger partial charge is 0.0645 e. The molecule has 0 bridgehead atoms. The fourth-order valence-corrected chi connectivity index (χ4v) is 2.04. The number of hydrogen-bond donors (Lipinski definition) is 1. The van der Waals surface area contributed by atoms with Crippen molar-refractivity contribution >= 4 is 0 Å². The minimum absolute atomic E-state index is 0.0944. The third-order valence-corrected chi connectivity index (χ3v) is 3.52. The molecule has 0 unspecified atom stereocenters. The van der Waals surface area contributed by atoms with Gasteiger partial charge in [0.15, 0.2) is 0 Å². The third kappa shape index (κ3) is 11.0. The van der Waals surface area contributed by atoms with Crippen molar-refractivity contribution < 1.29 is 14.2 Å². The van der Waals surface area contributed by atoms with Gasteiger partial charge in [0, 0.05) is 12.0 Å². The van der Waals surface area contributed by atoms with Gasteiger partial charge in [-0.3, -0.25) is 0 Å². The van der Waals surface area contributed by atoms with Gasteiger partial charge < -0.3 is 19.5 Å². The molecule has 130 valence electrons. The Morgan fingerprint density at radius 1 is 0.909 bits per heavy atom.